The van der Waals surface area contributed by atoms with E-state index in [1.807, 2.05) is 6.92 Å². The van der Waals surface area contributed by atoms with Gasteiger partial charge in [-0.15, -0.1) is 0 Å². The summed E-state index contributed by atoms with van der Waals surface area (Å²) in [4.78, 5) is 18.7. The Bertz CT molecular complexity index is 303. The predicted molar refractivity (Wildman–Crippen MR) is 56.6 cm³/mol. The molecule has 15 heavy (non-hydrogen) atoms. The van der Waals surface area contributed by atoms with Gasteiger partial charge in [0, 0.05) is 12.4 Å². The Morgan fingerprint density at radius 3 is 2.93 bits per heavy atom. The summed E-state index contributed by atoms with van der Waals surface area (Å²) in [7, 11) is 0. The molecule has 0 aliphatic carbocycles. The van der Waals surface area contributed by atoms with Crippen molar-refractivity contribution in [3.8, 4) is 0 Å². The van der Waals surface area contributed by atoms with E-state index in [0.29, 0.717) is 12.2 Å². The molecule has 82 valence electrons. The lowest BCUT2D eigenvalue weighted by atomic mass is 10.1. The van der Waals surface area contributed by atoms with E-state index in [0.717, 1.165) is 12.8 Å². The average molecular weight is 209 g/mol. The predicted octanol–water partition coefficient (Wildman–Crippen LogP) is 1.53. The van der Waals surface area contributed by atoms with Crippen molar-refractivity contribution in [1.29, 1.82) is 0 Å². The standard InChI is InChI=1S/C10H15N3O2/c1-2-3-4-8(10(14)15)13-9-7-11-5-6-12-9/h5-8H,2-4H2,1H3,(H,12,13)(H,14,15)/t8-/m0/s1. The van der Waals surface area contributed by atoms with E-state index in [9.17, 15) is 4.79 Å². The minimum Gasteiger partial charge on any atom is -0.480 e. The van der Waals surface area contributed by atoms with Gasteiger partial charge < -0.3 is 10.4 Å². The van der Waals surface area contributed by atoms with Crippen LogP contribution >= 0.6 is 0 Å². The summed E-state index contributed by atoms with van der Waals surface area (Å²) in [6, 6.07) is -0.582. The SMILES string of the molecule is CCCC[C@H](Nc1cnccn1)C(=O)O. The summed E-state index contributed by atoms with van der Waals surface area (Å²) in [5.74, 6) is -0.352. The maximum atomic E-state index is 10.9. The molecule has 5 nitrogen and oxygen atoms in total. The van der Waals surface area contributed by atoms with Crippen molar-refractivity contribution in [3.05, 3.63) is 18.6 Å². The van der Waals surface area contributed by atoms with Gasteiger partial charge >= 0.3 is 5.97 Å². The van der Waals surface area contributed by atoms with Gasteiger partial charge in [-0.3, -0.25) is 4.98 Å². The monoisotopic (exact) mass is 209 g/mol. The van der Waals surface area contributed by atoms with E-state index in [-0.39, 0.29) is 0 Å². The second-order valence-electron chi connectivity index (χ2n) is 3.27. The topological polar surface area (TPSA) is 75.1 Å². The molecule has 1 aromatic rings. The van der Waals surface area contributed by atoms with Gasteiger partial charge in [0.2, 0.25) is 0 Å². The molecule has 0 aliphatic heterocycles. The number of hydrogen-bond donors (Lipinski definition) is 2. The lowest BCUT2D eigenvalue weighted by Crippen LogP contribution is -2.29. The molecule has 0 unspecified atom stereocenters. The number of carboxylic acids is 1. The number of carbonyl (C=O) groups is 1. The number of aromatic nitrogens is 2. The van der Waals surface area contributed by atoms with E-state index in [1.54, 1.807) is 6.20 Å². The fraction of sp³-hybridized carbons (Fsp3) is 0.500. The first-order chi connectivity index (χ1) is 7.24. The molecule has 0 saturated heterocycles. The van der Waals surface area contributed by atoms with Crippen molar-refractivity contribution >= 4 is 11.8 Å². The van der Waals surface area contributed by atoms with Crippen LogP contribution in [0.25, 0.3) is 0 Å². The number of carboxylic acid groups (broad SMARTS) is 1. The molecule has 0 amide bonds. The van der Waals surface area contributed by atoms with Gasteiger partial charge in [-0.2, -0.15) is 0 Å². The quantitative estimate of drug-likeness (QED) is 0.743. The van der Waals surface area contributed by atoms with Crippen molar-refractivity contribution in [3.63, 3.8) is 0 Å². The molecule has 0 aliphatic rings. The first-order valence-corrected chi connectivity index (χ1v) is 4.99. The Balaban J connectivity index is 2.55. The van der Waals surface area contributed by atoms with Crippen LogP contribution < -0.4 is 5.32 Å². The van der Waals surface area contributed by atoms with E-state index in [1.165, 1.54) is 12.4 Å². The molecular weight excluding hydrogens is 194 g/mol. The maximum absolute atomic E-state index is 10.9. The molecule has 0 fully saturated rings. The molecule has 0 spiro atoms. The van der Waals surface area contributed by atoms with Crippen molar-refractivity contribution < 1.29 is 9.90 Å². The van der Waals surface area contributed by atoms with Crippen LogP contribution in [0.1, 0.15) is 26.2 Å². The van der Waals surface area contributed by atoms with Crippen LogP contribution in [0.5, 0.6) is 0 Å². The highest BCUT2D eigenvalue weighted by Crippen LogP contribution is 2.07. The fourth-order valence-corrected chi connectivity index (χ4v) is 1.22. The van der Waals surface area contributed by atoms with Crippen LogP contribution in [-0.4, -0.2) is 27.1 Å². The summed E-state index contributed by atoms with van der Waals surface area (Å²) in [6.45, 7) is 2.03. The Labute approximate surface area is 88.6 Å². The van der Waals surface area contributed by atoms with Gasteiger partial charge in [-0.25, -0.2) is 9.78 Å². The maximum Gasteiger partial charge on any atom is 0.326 e. The summed E-state index contributed by atoms with van der Waals surface area (Å²) in [6.07, 6.45) is 7.05. The van der Waals surface area contributed by atoms with E-state index >= 15 is 0 Å². The number of nitrogens with zero attached hydrogens (tertiary/aromatic N) is 2. The normalized spacial score (nSPS) is 12.1. The lowest BCUT2D eigenvalue weighted by Gasteiger charge is -2.13. The van der Waals surface area contributed by atoms with Crippen molar-refractivity contribution in [2.24, 2.45) is 0 Å². The summed E-state index contributed by atoms with van der Waals surface area (Å²) in [5, 5.41) is 11.8. The summed E-state index contributed by atoms with van der Waals surface area (Å²) >= 11 is 0. The van der Waals surface area contributed by atoms with Crippen molar-refractivity contribution in [2.45, 2.75) is 32.2 Å². The Hall–Kier alpha value is -1.65. The lowest BCUT2D eigenvalue weighted by molar-refractivity contribution is -0.138. The van der Waals surface area contributed by atoms with Crippen molar-refractivity contribution in [2.75, 3.05) is 5.32 Å². The zero-order chi connectivity index (χ0) is 11.1. The largest absolute Gasteiger partial charge is 0.480 e. The molecule has 1 atom stereocenters. The molecule has 0 saturated carbocycles. The third kappa shape index (κ3) is 3.93. The van der Waals surface area contributed by atoms with Crippen LogP contribution in [-0.2, 0) is 4.79 Å². The number of unbranched alkanes of at least 4 members (excludes halogenated alkanes) is 1. The number of rotatable bonds is 6. The zero-order valence-corrected chi connectivity index (χ0v) is 8.68. The first kappa shape index (κ1) is 11.4. The van der Waals surface area contributed by atoms with Crippen LogP contribution in [0.15, 0.2) is 18.6 Å². The van der Waals surface area contributed by atoms with Gasteiger partial charge in [0.15, 0.2) is 0 Å². The zero-order valence-electron chi connectivity index (χ0n) is 8.68. The molecule has 5 heteroatoms. The number of nitrogens with one attached hydrogen (secondary N) is 1. The highest BCUT2D eigenvalue weighted by atomic mass is 16.4. The molecule has 1 heterocycles. The third-order valence-corrected chi connectivity index (χ3v) is 2.03. The number of hydrogen-bond acceptors (Lipinski definition) is 4. The first-order valence-electron chi connectivity index (χ1n) is 4.99. The highest BCUT2D eigenvalue weighted by Gasteiger charge is 2.16. The second-order valence-corrected chi connectivity index (χ2v) is 3.27. The van der Waals surface area contributed by atoms with Crippen molar-refractivity contribution in [1.82, 2.24) is 9.97 Å². The van der Waals surface area contributed by atoms with Crippen LogP contribution in [0.2, 0.25) is 0 Å². The van der Waals surface area contributed by atoms with Crippen LogP contribution in [0.3, 0.4) is 0 Å². The smallest absolute Gasteiger partial charge is 0.326 e. The van der Waals surface area contributed by atoms with E-state index in [2.05, 4.69) is 15.3 Å². The number of aliphatic carboxylic acids is 1. The summed E-state index contributed by atoms with van der Waals surface area (Å²) in [5.41, 5.74) is 0. The third-order valence-electron chi connectivity index (χ3n) is 2.03. The minimum absolute atomic E-state index is 0.501. The van der Waals surface area contributed by atoms with Gasteiger partial charge in [0.25, 0.3) is 0 Å². The highest BCUT2D eigenvalue weighted by molar-refractivity contribution is 5.76. The Morgan fingerprint density at radius 2 is 2.40 bits per heavy atom. The molecule has 2 N–H and O–H groups in total. The average Bonchev–Trinajstić information content (AvgIpc) is 2.25. The Kier molecular flexibility index (Phi) is 4.53. The summed E-state index contributed by atoms with van der Waals surface area (Å²) < 4.78 is 0. The molecular formula is C10H15N3O2. The minimum atomic E-state index is -0.853. The van der Waals surface area contributed by atoms with Crippen LogP contribution in [0.4, 0.5) is 5.82 Å². The molecule has 0 bridgehead atoms. The molecule has 1 rings (SSSR count). The molecule has 0 radical (unpaired) electrons. The fourth-order valence-electron chi connectivity index (χ4n) is 1.22. The van der Waals surface area contributed by atoms with E-state index in [4.69, 9.17) is 5.11 Å². The van der Waals surface area contributed by atoms with Gasteiger partial charge in [0.05, 0.1) is 6.20 Å². The van der Waals surface area contributed by atoms with Gasteiger partial charge in [0.1, 0.15) is 11.9 Å². The molecule has 1 aromatic heterocycles. The Morgan fingerprint density at radius 1 is 1.60 bits per heavy atom. The van der Waals surface area contributed by atoms with E-state index < -0.39 is 12.0 Å². The molecule has 0 aromatic carbocycles. The number of anilines is 1. The van der Waals surface area contributed by atoms with Gasteiger partial charge in [-0.1, -0.05) is 19.8 Å². The second kappa shape index (κ2) is 5.95. The van der Waals surface area contributed by atoms with Gasteiger partial charge in [-0.05, 0) is 6.42 Å². The van der Waals surface area contributed by atoms with Crippen LogP contribution in [0, 0.1) is 0 Å².